The lowest BCUT2D eigenvalue weighted by Crippen LogP contribution is -2.05. The van der Waals surface area contributed by atoms with Crippen molar-refractivity contribution in [2.24, 2.45) is 7.05 Å². The molecular formula is C16H19N3. The summed E-state index contributed by atoms with van der Waals surface area (Å²) in [6.07, 6.45) is 7.86. The second kappa shape index (κ2) is 5.05. The van der Waals surface area contributed by atoms with E-state index in [1.54, 1.807) is 0 Å². The summed E-state index contributed by atoms with van der Waals surface area (Å²) in [7, 11) is 2.10. The Morgan fingerprint density at radius 2 is 1.95 bits per heavy atom. The van der Waals surface area contributed by atoms with Gasteiger partial charge in [-0.15, -0.1) is 0 Å². The van der Waals surface area contributed by atoms with E-state index in [1.807, 2.05) is 18.2 Å². The van der Waals surface area contributed by atoms with E-state index in [0.29, 0.717) is 11.5 Å². The normalized spacial score (nSPS) is 17.3. The zero-order valence-electron chi connectivity index (χ0n) is 11.4. The van der Waals surface area contributed by atoms with Gasteiger partial charge in [0.15, 0.2) is 0 Å². The molecule has 1 aliphatic carbocycles. The van der Waals surface area contributed by atoms with E-state index in [-0.39, 0.29) is 0 Å². The number of imidazole rings is 1. The Kier molecular flexibility index (Phi) is 3.25. The number of aryl methyl sites for hydroxylation is 1. The topological polar surface area (TPSA) is 41.6 Å². The SMILES string of the molecule is Cn1c(C2CCCCCC2)nc2cc(C#N)ccc21. The van der Waals surface area contributed by atoms with Gasteiger partial charge in [0, 0.05) is 13.0 Å². The molecule has 0 spiro atoms. The van der Waals surface area contributed by atoms with Crippen molar-refractivity contribution in [3.05, 3.63) is 29.6 Å². The van der Waals surface area contributed by atoms with Crippen LogP contribution in [-0.4, -0.2) is 9.55 Å². The highest BCUT2D eigenvalue weighted by molar-refractivity contribution is 5.77. The van der Waals surface area contributed by atoms with E-state index in [9.17, 15) is 0 Å². The number of hydrogen-bond acceptors (Lipinski definition) is 2. The molecule has 0 aliphatic heterocycles. The predicted octanol–water partition coefficient (Wildman–Crippen LogP) is 3.88. The van der Waals surface area contributed by atoms with Gasteiger partial charge in [0.05, 0.1) is 22.7 Å². The minimum absolute atomic E-state index is 0.588. The summed E-state index contributed by atoms with van der Waals surface area (Å²) in [6.45, 7) is 0. The fourth-order valence-corrected chi connectivity index (χ4v) is 3.19. The fraction of sp³-hybridized carbons (Fsp3) is 0.500. The van der Waals surface area contributed by atoms with Crippen LogP contribution in [0.4, 0.5) is 0 Å². The first-order chi connectivity index (χ1) is 9.29. The zero-order chi connectivity index (χ0) is 13.2. The lowest BCUT2D eigenvalue weighted by Gasteiger charge is -2.13. The Hall–Kier alpha value is -1.82. The van der Waals surface area contributed by atoms with Gasteiger partial charge in [0.25, 0.3) is 0 Å². The molecule has 0 atom stereocenters. The third-order valence-electron chi connectivity index (χ3n) is 4.26. The van der Waals surface area contributed by atoms with E-state index in [1.165, 1.54) is 44.3 Å². The van der Waals surface area contributed by atoms with Gasteiger partial charge in [-0.2, -0.15) is 5.26 Å². The van der Waals surface area contributed by atoms with E-state index >= 15 is 0 Å². The zero-order valence-corrected chi connectivity index (χ0v) is 11.4. The van der Waals surface area contributed by atoms with E-state index in [4.69, 9.17) is 10.2 Å². The monoisotopic (exact) mass is 253 g/mol. The lowest BCUT2D eigenvalue weighted by atomic mass is 10.00. The van der Waals surface area contributed by atoms with Crippen LogP contribution >= 0.6 is 0 Å². The third kappa shape index (κ3) is 2.23. The predicted molar refractivity (Wildman–Crippen MR) is 75.9 cm³/mol. The van der Waals surface area contributed by atoms with Crippen LogP contribution in [0, 0.1) is 11.3 Å². The highest BCUT2D eigenvalue weighted by Gasteiger charge is 2.20. The number of aromatic nitrogens is 2. The number of fused-ring (bicyclic) bond motifs is 1. The first kappa shape index (κ1) is 12.2. The lowest BCUT2D eigenvalue weighted by molar-refractivity contribution is 0.546. The maximum absolute atomic E-state index is 8.97. The molecule has 0 bridgehead atoms. The highest BCUT2D eigenvalue weighted by Crippen LogP contribution is 2.32. The smallest absolute Gasteiger partial charge is 0.112 e. The van der Waals surface area contributed by atoms with Crippen LogP contribution < -0.4 is 0 Å². The van der Waals surface area contributed by atoms with Gasteiger partial charge < -0.3 is 4.57 Å². The van der Waals surface area contributed by atoms with Gasteiger partial charge in [-0.1, -0.05) is 25.7 Å². The summed E-state index contributed by atoms with van der Waals surface area (Å²) in [4.78, 5) is 4.80. The molecule has 1 fully saturated rings. The van der Waals surface area contributed by atoms with Gasteiger partial charge >= 0.3 is 0 Å². The molecular weight excluding hydrogens is 234 g/mol. The standard InChI is InChI=1S/C16H19N3/c1-19-15-9-8-12(11-17)10-14(15)18-16(19)13-6-4-2-3-5-7-13/h8-10,13H,2-7H2,1H3. The highest BCUT2D eigenvalue weighted by atomic mass is 15.1. The number of hydrogen-bond donors (Lipinski definition) is 0. The Morgan fingerprint density at radius 1 is 1.21 bits per heavy atom. The summed E-state index contributed by atoms with van der Waals surface area (Å²) in [5.74, 6) is 1.79. The van der Waals surface area contributed by atoms with Crippen LogP contribution in [0.2, 0.25) is 0 Å². The van der Waals surface area contributed by atoms with Gasteiger partial charge in [-0.25, -0.2) is 4.98 Å². The molecule has 1 saturated carbocycles. The Bertz CT molecular complexity index is 625. The third-order valence-corrected chi connectivity index (χ3v) is 4.26. The van der Waals surface area contributed by atoms with Crippen molar-refractivity contribution in [2.75, 3.05) is 0 Å². The van der Waals surface area contributed by atoms with Crippen molar-refractivity contribution in [3.8, 4) is 6.07 Å². The molecule has 3 nitrogen and oxygen atoms in total. The molecule has 1 heterocycles. The fourth-order valence-electron chi connectivity index (χ4n) is 3.19. The summed E-state index contributed by atoms with van der Waals surface area (Å²) in [5, 5.41) is 8.97. The van der Waals surface area contributed by atoms with E-state index in [2.05, 4.69) is 17.7 Å². The van der Waals surface area contributed by atoms with Crippen LogP contribution in [0.25, 0.3) is 11.0 Å². The molecule has 3 heteroatoms. The molecule has 98 valence electrons. The number of rotatable bonds is 1. The average molecular weight is 253 g/mol. The van der Waals surface area contributed by atoms with Gasteiger partial charge in [0.2, 0.25) is 0 Å². The molecule has 0 amide bonds. The van der Waals surface area contributed by atoms with E-state index in [0.717, 1.165) is 11.0 Å². The molecule has 1 aromatic carbocycles. The molecule has 19 heavy (non-hydrogen) atoms. The van der Waals surface area contributed by atoms with Crippen molar-refractivity contribution < 1.29 is 0 Å². The first-order valence-electron chi connectivity index (χ1n) is 7.16. The second-order valence-corrected chi connectivity index (χ2v) is 5.53. The maximum Gasteiger partial charge on any atom is 0.112 e. The number of benzene rings is 1. The molecule has 1 aliphatic rings. The molecule has 0 radical (unpaired) electrons. The van der Waals surface area contributed by atoms with Crippen molar-refractivity contribution >= 4 is 11.0 Å². The quantitative estimate of drug-likeness (QED) is 0.724. The second-order valence-electron chi connectivity index (χ2n) is 5.53. The average Bonchev–Trinajstić information content (AvgIpc) is 2.64. The molecule has 2 aromatic rings. The van der Waals surface area contributed by atoms with Crippen molar-refractivity contribution in [2.45, 2.75) is 44.4 Å². The molecule has 3 rings (SSSR count). The number of nitriles is 1. The molecule has 1 aromatic heterocycles. The van der Waals surface area contributed by atoms with Crippen molar-refractivity contribution in [1.82, 2.24) is 9.55 Å². The molecule has 0 N–H and O–H groups in total. The largest absolute Gasteiger partial charge is 0.331 e. The van der Waals surface area contributed by atoms with E-state index < -0.39 is 0 Å². The van der Waals surface area contributed by atoms with Crippen LogP contribution in [0.3, 0.4) is 0 Å². The minimum atomic E-state index is 0.588. The van der Waals surface area contributed by atoms with Crippen LogP contribution in [0.5, 0.6) is 0 Å². The summed E-state index contributed by atoms with van der Waals surface area (Å²) in [5.41, 5.74) is 2.79. The summed E-state index contributed by atoms with van der Waals surface area (Å²) < 4.78 is 2.21. The summed E-state index contributed by atoms with van der Waals surface area (Å²) in [6, 6.07) is 7.98. The van der Waals surface area contributed by atoms with Gasteiger partial charge in [-0.3, -0.25) is 0 Å². The van der Waals surface area contributed by atoms with Crippen LogP contribution in [0.15, 0.2) is 18.2 Å². The first-order valence-corrected chi connectivity index (χ1v) is 7.16. The Labute approximate surface area is 113 Å². The Balaban J connectivity index is 2.03. The van der Waals surface area contributed by atoms with Crippen LogP contribution in [0.1, 0.15) is 55.8 Å². The summed E-state index contributed by atoms with van der Waals surface area (Å²) >= 11 is 0. The van der Waals surface area contributed by atoms with Gasteiger partial charge in [-0.05, 0) is 31.0 Å². The van der Waals surface area contributed by atoms with Gasteiger partial charge in [0.1, 0.15) is 5.82 Å². The van der Waals surface area contributed by atoms with Crippen LogP contribution in [-0.2, 0) is 7.05 Å². The van der Waals surface area contributed by atoms with Crippen molar-refractivity contribution in [3.63, 3.8) is 0 Å². The minimum Gasteiger partial charge on any atom is -0.331 e. The number of nitrogens with zero attached hydrogens (tertiary/aromatic N) is 3. The maximum atomic E-state index is 8.97. The molecule has 0 unspecified atom stereocenters. The molecule has 0 saturated heterocycles. The van der Waals surface area contributed by atoms with Crippen molar-refractivity contribution in [1.29, 1.82) is 5.26 Å². The Morgan fingerprint density at radius 3 is 2.63 bits per heavy atom.